The number of aromatic amines is 1. The highest BCUT2D eigenvalue weighted by molar-refractivity contribution is 6.12. The van der Waals surface area contributed by atoms with Crippen LogP contribution in [0.2, 0.25) is 0 Å². The number of carbonyl (C=O) groups is 7. The Kier molecular flexibility index (Phi) is 25.6. The van der Waals surface area contributed by atoms with Crippen molar-refractivity contribution in [2.75, 3.05) is 104 Å². The molecule has 0 saturated carbocycles. The fraction of sp³-hybridized carbons (Fsp3) is 0.467. The number of fused-ring (bicyclic) bond motifs is 1. The predicted molar refractivity (Wildman–Crippen MR) is 321 cm³/mol. The summed E-state index contributed by atoms with van der Waals surface area (Å²) in [6.45, 7) is 11.1. The van der Waals surface area contributed by atoms with Crippen LogP contribution < -0.4 is 47.9 Å². The first kappa shape index (κ1) is 66.6. The number of carbonyl (C=O) groups excluding carboxylic acids is 7. The molecule has 28 heteroatoms. The number of methoxy groups -OCH3 is 1. The standard InChI is InChI=1S/C60H79N13O15/c1-5-87-58-68-53(61)52-54(69-58)73(59(80)67-52)37-44-15-12-43(33-47(44)82-4)36-71(35-41-10-8-40(9-11-41)34-70-22-26-84-27-23-70)60(81)88-38-42-13-16-45(17-14-42)64-55(77)46(7-6-21-63-57(62)79)65-56(78)51(39(2)3)66-48(74)20-25-83-29-31-86-32-30-85-28-24-72-49(75)18-19-50(72)76/h8-19,33,39,46,51H,5-7,20-32,34-38H2,1-4H3,(H,64,77)(H,65,78)(H,66,74)(H,67,80)(H2,61,68,69)(H3,62,63,79)/t46-,51-/m0/s1. The summed E-state index contributed by atoms with van der Waals surface area (Å²) >= 11 is 0. The number of amides is 8. The SMILES string of the molecule is CCOc1nc(N)c2[nH]c(=O)n(Cc3ccc(CN(Cc4ccc(CN5CCOCC5)cc4)C(=O)OCc4ccc(NC(=O)[C@H](CCCNC(N)=O)NC(=O)[C@@H](NC(=O)CCOCCOCCOCCN5C(=O)C=CC5=O)C(C)C)cc4)cc3OC)c2n1. The van der Waals surface area contributed by atoms with Crippen LogP contribution in [-0.4, -0.2) is 181 Å². The van der Waals surface area contributed by atoms with Crippen LogP contribution in [0.3, 0.4) is 0 Å². The number of hydrogen-bond donors (Lipinski definition) is 7. The zero-order valence-electron chi connectivity index (χ0n) is 50.0. The summed E-state index contributed by atoms with van der Waals surface area (Å²) in [5.74, 6) is -2.21. The Bertz CT molecular complexity index is 3240. The van der Waals surface area contributed by atoms with E-state index in [1.54, 1.807) is 56.0 Å². The molecular formula is C60H79N13O15. The molecule has 0 unspecified atom stereocenters. The number of morpholine rings is 1. The monoisotopic (exact) mass is 1220 g/mol. The molecule has 0 bridgehead atoms. The molecule has 5 aromatic rings. The van der Waals surface area contributed by atoms with Crippen molar-refractivity contribution in [3.05, 3.63) is 117 Å². The van der Waals surface area contributed by atoms with Gasteiger partial charge in [0, 0.05) is 69.1 Å². The molecule has 474 valence electrons. The molecular weight excluding hydrogens is 1140 g/mol. The number of urea groups is 1. The lowest BCUT2D eigenvalue weighted by molar-refractivity contribution is -0.137. The third-order valence-electron chi connectivity index (χ3n) is 14.1. The van der Waals surface area contributed by atoms with Gasteiger partial charge >= 0.3 is 23.8 Å². The van der Waals surface area contributed by atoms with Gasteiger partial charge in [-0.05, 0) is 66.1 Å². The number of ether oxygens (including phenoxy) is 7. The molecule has 8 amide bonds. The minimum Gasteiger partial charge on any atom is -0.496 e. The number of nitrogens with zero attached hydrogens (tertiary/aromatic N) is 6. The number of hydrogen-bond acceptors (Lipinski definition) is 19. The van der Waals surface area contributed by atoms with Gasteiger partial charge in [0.15, 0.2) is 11.5 Å². The molecule has 1 fully saturated rings. The van der Waals surface area contributed by atoms with Crippen molar-refractivity contribution in [3.63, 3.8) is 0 Å². The van der Waals surface area contributed by atoms with Crippen molar-refractivity contribution < 1.29 is 66.7 Å². The molecule has 2 aromatic heterocycles. The van der Waals surface area contributed by atoms with Gasteiger partial charge in [0.2, 0.25) is 17.7 Å². The maximum atomic E-state index is 14.2. The molecule has 2 atom stereocenters. The molecule has 4 heterocycles. The Morgan fingerprint density at radius 2 is 1.43 bits per heavy atom. The Balaban J connectivity index is 0.934. The minimum absolute atomic E-state index is 0.0368. The van der Waals surface area contributed by atoms with Gasteiger partial charge in [-0.3, -0.25) is 43.2 Å². The van der Waals surface area contributed by atoms with Crippen LogP contribution in [0.15, 0.2) is 83.7 Å². The molecule has 0 spiro atoms. The van der Waals surface area contributed by atoms with E-state index in [9.17, 15) is 38.4 Å². The Hall–Kier alpha value is -8.96. The number of aromatic nitrogens is 4. The van der Waals surface area contributed by atoms with Gasteiger partial charge in [-0.2, -0.15) is 9.97 Å². The highest BCUT2D eigenvalue weighted by atomic mass is 16.6. The van der Waals surface area contributed by atoms with Crippen molar-refractivity contribution in [3.8, 4) is 11.8 Å². The lowest BCUT2D eigenvalue weighted by atomic mass is 10.0. The Labute approximate surface area is 508 Å². The summed E-state index contributed by atoms with van der Waals surface area (Å²) in [5.41, 5.74) is 15.8. The van der Waals surface area contributed by atoms with Gasteiger partial charge in [0.05, 0.1) is 79.7 Å². The number of nitrogen functional groups attached to an aromatic ring is 1. The maximum Gasteiger partial charge on any atom is 0.410 e. The van der Waals surface area contributed by atoms with E-state index in [0.29, 0.717) is 47.9 Å². The van der Waals surface area contributed by atoms with Crippen LogP contribution >= 0.6 is 0 Å². The average Bonchev–Trinajstić information content (AvgIpc) is 1.91. The van der Waals surface area contributed by atoms with Crippen LogP contribution in [0.5, 0.6) is 11.8 Å². The predicted octanol–water partition coefficient (Wildman–Crippen LogP) is 2.71. The van der Waals surface area contributed by atoms with Crippen LogP contribution in [0.1, 0.15) is 67.9 Å². The Morgan fingerprint density at radius 3 is 2.10 bits per heavy atom. The smallest absolute Gasteiger partial charge is 0.410 e. The zero-order valence-corrected chi connectivity index (χ0v) is 50.0. The fourth-order valence-electron chi connectivity index (χ4n) is 9.45. The van der Waals surface area contributed by atoms with Crippen LogP contribution in [0, 0.1) is 5.92 Å². The van der Waals surface area contributed by atoms with E-state index in [1.807, 2.05) is 36.4 Å². The average molecular weight is 1220 g/mol. The van der Waals surface area contributed by atoms with Crippen molar-refractivity contribution in [2.45, 2.75) is 84.9 Å². The van der Waals surface area contributed by atoms with E-state index >= 15 is 0 Å². The van der Waals surface area contributed by atoms with Gasteiger partial charge in [0.25, 0.3) is 11.8 Å². The normalized spacial score (nSPS) is 14.0. The topological polar surface area (TPSA) is 358 Å². The number of nitrogens with one attached hydrogen (secondary N) is 5. The van der Waals surface area contributed by atoms with E-state index in [-0.39, 0.29) is 139 Å². The number of imide groups is 1. The summed E-state index contributed by atoms with van der Waals surface area (Å²) in [6.07, 6.45) is 2.13. The molecule has 9 N–H and O–H groups in total. The van der Waals surface area contributed by atoms with E-state index in [0.717, 1.165) is 35.7 Å². The van der Waals surface area contributed by atoms with E-state index in [4.69, 9.17) is 44.6 Å². The first-order valence-electron chi connectivity index (χ1n) is 29.1. The second-order valence-electron chi connectivity index (χ2n) is 21.0. The van der Waals surface area contributed by atoms with Gasteiger partial charge in [-0.15, -0.1) is 0 Å². The van der Waals surface area contributed by atoms with Crippen molar-refractivity contribution >= 4 is 64.3 Å². The number of nitrogens with two attached hydrogens (primary N) is 2. The van der Waals surface area contributed by atoms with Crippen molar-refractivity contribution in [1.29, 1.82) is 0 Å². The summed E-state index contributed by atoms with van der Waals surface area (Å²) in [5, 5.41) is 10.8. The van der Waals surface area contributed by atoms with Crippen LogP contribution in [0.4, 0.5) is 21.1 Å². The molecule has 0 aliphatic carbocycles. The van der Waals surface area contributed by atoms with Crippen LogP contribution in [0.25, 0.3) is 11.2 Å². The first-order valence-corrected chi connectivity index (χ1v) is 29.1. The van der Waals surface area contributed by atoms with Gasteiger partial charge < -0.3 is 70.9 Å². The first-order chi connectivity index (χ1) is 42.5. The van der Waals surface area contributed by atoms with Crippen LogP contribution in [-0.2, 0) is 80.4 Å². The zero-order chi connectivity index (χ0) is 63.0. The number of anilines is 2. The molecule has 7 rings (SSSR count). The summed E-state index contributed by atoms with van der Waals surface area (Å²) in [6, 6.07) is 17.4. The lowest BCUT2D eigenvalue weighted by Gasteiger charge is -2.26. The van der Waals surface area contributed by atoms with Gasteiger partial charge in [-0.25, -0.2) is 14.4 Å². The van der Waals surface area contributed by atoms with E-state index < -0.39 is 47.6 Å². The Morgan fingerprint density at radius 1 is 0.784 bits per heavy atom. The third-order valence-corrected chi connectivity index (χ3v) is 14.1. The number of primary amides is 1. The quantitative estimate of drug-likeness (QED) is 0.0226. The number of rotatable bonds is 35. The second-order valence-corrected chi connectivity index (χ2v) is 21.0. The lowest BCUT2D eigenvalue weighted by Crippen LogP contribution is -2.54. The minimum atomic E-state index is -1.10. The number of imidazole rings is 1. The highest BCUT2D eigenvalue weighted by Gasteiger charge is 2.30. The summed E-state index contributed by atoms with van der Waals surface area (Å²) in [7, 11) is 1.52. The molecule has 2 aliphatic rings. The van der Waals surface area contributed by atoms with E-state index in [1.165, 1.54) is 23.8 Å². The maximum absolute atomic E-state index is 14.2. The third kappa shape index (κ3) is 20.3. The molecule has 28 nitrogen and oxygen atoms in total. The highest BCUT2D eigenvalue weighted by Crippen LogP contribution is 2.26. The largest absolute Gasteiger partial charge is 0.496 e. The fourth-order valence-corrected chi connectivity index (χ4v) is 9.45. The molecule has 88 heavy (non-hydrogen) atoms. The van der Waals surface area contributed by atoms with Gasteiger partial charge in [-0.1, -0.05) is 62.4 Å². The molecule has 0 radical (unpaired) electrons. The number of H-pyrrole nitrogens is 1. The summed E-state index contributed by atoms with van der Waals surface area (Å²) in [4.78, 5) is 119. The molecule has 2 aliphatic heterocycles. The van der Waals surface area contributed by atoms with Gasteiger partial charge in [0.1, 0.15) is 30.0 Å². The number of benzene rings is 3. The molecule has 1 saturated heterocycles. The molecule has 3 aromatic carbocycles. The summed E-state index contributed by atoms with van der Waals surface area (Å²) < 4.78 is 40.6. The van der Waals surface area contributed by atoms with E-state index in [2.05, 4.69) is 41.1 Å². The van der Waals surface area contributed by atoms with Crippen molar-refractivity contribution in [2.24, 2.45) is 11.7 Å². The second kappa shape index (κ2) is 33.8. The van der Waals surface area contributed by atoms with Crippen molar-refractivity contribution in [1.82, 2.24) is 50.2 Å².